The van der Waals surface area contributed by atoms with E-state index in [1.165, 1.54) is 44.5 Å². The van der Waals surface area contributed by atoms with Crippen LogP contribution in [0, 0.1) is 13.8 Å². The normalized spacial score (nSPS) is 17.8. The van der Waals surface area contributed by atoms with Gasteiger partial charge in [-0.3, -0.25) is 0 Å². The summed E-state index contributed by atoms with van der Waals surface area (Å²) in [5.74, 6) is -0.870. The van der Waals surface area contributed by atoms with Gasteiger partial charge >= 0.3 is 239 Å². The summed E-state index contributed by atoms with van der Waals surface area (Å²) in [5.41, 5.74) is 17.8. The molecule has 4 aromatic carbocycles. The number of benzene rings is 4. The number of hydrogen-bond donors (Lipinski definition) is 0. The summed E-state index contributed by atoms with van der Waals surface area (Å²) in [4.78, 5) is 0. The van der Waals surface area contributed by atoms with Crippen molar-refractivity contribution in [1.82, 2.24) is 0 Å². The fourth-order valence-electron chi connectivity index (χ4n) is 7.04. The van der Waals surface area contributed by atoms with Crippen LogP contribution < -0.4 is 0 Å². The second-order valence-electron chi connectivity index (χ2n) is 11.5. The molecule has 0 nitrogen and oxygen atoms in total. The summed E-state index contributed by atoms with van der Waals surface area (Å²) >= 11 is -2.04. The number of hydrogen-bond acceptors (Lipinski definition) is 0. The van der Waals surface area contributed by atoms with Crippen LogP contribution in [-0.4, -0.2) is 5.92 Å². The summed E-state index contributed by atoms with van der Waals surface area (Å²) in [6.07, 6.45) is 5.11. The molecule has 6 rings (SSSR count). The first-order valence-electron chi connectivity index (χ1n) is 14.0. The Labute approximate surface area is 237 Å². The molecule has 4 aromatic rings. The first-order valence-corrected chi connectivity index (χ1v) is 24.0. The van der Waals surface area contributed by atoms with Crippen LogP contribution in [0.4, 0.5) is 0 Å². The first-order chi connectivity index (χ1) is 18.4. The van der Waals surface area contributed by atoms with E-state index >= 15 is 0 Å². The molecule has 38 heavy (non-hydrogen) atoms. The molecule has 0 fully saturated rings. The third kappa shape index (κ3) is 4.21. The average molecular weight is 589 g/mol. The fourth-order valence-corrected chi connectivity index (χ4v) is 30.3. The zero-order valence-electron chi connectivity index (χ0n) is 23.5. The van der Waals surface area contributed by atoms with Crippen molar-refractivity contribution >= 4 is 18.1 Å². The van der Waals surface area contributed by atoms with Crippen molar-refractivity contribution in [3.63, 3.8) is 0 Å². The minimum absolute atomic E-state index is 0.671. The van der Waals surface area contributed by atoms with Gasteiger partial charge in [0.1, 0.15) is 0 Å². The second kappa shape index (κ2) is 10.2. The van der Waals surface area contributed by atoms with E-state index in [2.05, 4.69) is 138 Å². The maximum absolute atomic E-state index is 2.65. The molecule has 0 amide bonds. The van der Waals surface area contributed by atoms with Gasteiger partial charge in [-0.15, -0.1) is 0 Å². The number of allylic oxidation sites excluding steroid dienone is 2. The van der Waals surface area contributed by atoms with Crippen LogP contribution in [0.15, 0.2) is 96.1 Å². The third-order valence-electron chi connectivity index (χ3n) is 8.76. The molecule has 0 spiro atoms. The molecule has 0 saturated carbocycles. The molecule has 0 saturated heterocycles. The van der Waals surface area contributed by atoms with Gasteiger partial charge in [0.05, 0.1) is 0 Å². The molecule has 0 aliphatic heterocycles. The van der Waals surface area contributed by atoms with Crippen molar-refractivity contribution < 1.29 is 20.9 Å². The second-order valence-corrected chi connectivity index (χ2v) is 31.6. The van der Waals surface area contributed by atoms with Crippen molar-refractivity contribution in [2.45, 2.75) is 48.0 Å². The minimum atomic E-state index is -2.04. The Morgan fingerprint density at radius 3 is 1.29 bits per heavy atom. The Bertz CT molecular complexity index is 1490. The van der Waals surface area contributed by atoms with E-state index in [4.69, 9.17) is 0 Å². The number of fused-ring (bicyclic) bond motifs is 2. The molecular formula is C36H37SiZr. The van der Waals surface area contributed by atoms with E-state index in [0.29, 0.717) is 7.25 Å². The molecule has 2 heteroatoms. The molecule has 2 atom stereocenters. The fraction of sp³-hybridized carbons (Fsp3) is 0.222. The third-order valence-corrected chi connectivity index (χ3v) is 30.9. The Kier molecular flexibility index (Phi) is 6.91. The van der Waals surface area contributed by atoms with Crippen molar-refractivity contribution in [2.24, 2.45) is 0 Å². The van der Waals surface area contributed by atoms with Gasteiger partial charge in [-0.1, -0.05) is 0 Å². The summed E-state index contributed by atoms with van der Waals surface area (Å²) in [5, 5.41) is 0. The quantitative estimate of drug-likeness (QED) is 0.204. The van der Waals surface area contributed by atoms with Crippen LogP contribution >= 0.6 is 0 Å². The van der Waals surface area contributed by atoms with Gasteiger partial charge in [0.2, 0.25) is 0 Å². The summed E-state index contributed by atoms with van der Waals surface area (Å²) in [6.45, 7) is 14.7. The Morgan fingerprint density at radius 2 is 0.895 bits per heavy atom. The Morgan fingerprint density at radius 1 is 0.500 bits per heavy atom. The monoisotopic (exact) mass is 587 g/mol. The van der Waals surface area contributed by atoms with E-state index in [9.17, 15) is 0 Å². The van der Waals surface area contributed by atoms with E-state index in [1.54, 1.807) is 22.3 Å². The average Bonchev–Trinajstić information content (AvgIpc) is 3.41. The van der Waals surface area contributed by atoms with Crippen LogP contribution in [0.3, 0.4) is 0 Å². The summed E-state index contributed by atoms with van der Waals surface area (Å²) in [7, 11) is 0. The zero-order chi connectivity index (χ0) is 26.6. The van der Waals surface area contributed by atoms with Gasteiger partial charge in [0.25, 0.3) is 0 Å². The van der Waals surface area contributed by atoms with Crippen LogP contribution in [-0.2, 0) is 20.9 Å². The van der Waals surface area contributed by atoms with E-state index in [1.807, 2.05) is 0 Å². The molecule has 0 radical (unpaired) electrons. The van der Waals surface area contributed by atoms with E-state index < -0.39 is 26.8 Å². The Hall–Kier alpha value is -2.54. The standard InChI is InChI=1S/2C17H15.C2H7Si.Zr/c2*1-12-10-14-7-5-9-16(17(14)11-12)15-8-4-3-6-13(15)2;1-3-2;/h2*3-11H,1-2H3;3H,1-2H3;. The SMILES string of the molecule is CC1=Cc2c(-c3ccccc3C)cccc2[CH]1[Zr]([CH]1C(C)=Cc2c(-c3ccccc3C)cccc21)[SiH](C)C. The first kappa shape index (κ1) is 25.7. The molecule has 0 aromatic heterocycles. The molecule has 0 heterocycles. The van der Waals surface area contributed by atoms with Gasteiger partial charge in [-0.05, 0) is 0 Å². The van der Waals surface area contributed by atoms with Gasteiger partial charge in [0, 0.05) is 0 Å². The van der Waals surface area contributed by atoms with Gasteiger partial charge in [-0.2, -0.15) is 0 Å². The van der Waals surface area contributed by atoms with Crippen molar-refractivity contribution in [2.75, 3.05) is 0 Å². The molecule has 189 valence electrons. The van der Waals surface area contributed by atoms with E-state index in [-0.39, 0.29) is 0 Å². The summed E-state index contributed by atoms with van der Waals surface area (Å²) < 4.78 is 1.34. The van der Waals surface area contributed by atoms with Gasteiger partial charge < -0.3 is 0 Å². The molecular weight excluding hydrogens is 552 g/mol. The van der Waals surface area contributed by atoms with Crippen LogP contribution in [0.25, 0.3) is 34.4 Å². The maximum atomic E-state index is 2.65. The zero-order valence-corrected chi connectivity index (χ0v) is 27.1. The Balaban J connectivity index is 1.48. The molecule has 2 aliphatic rings. The number of rotatable bonds is 5. The molecule has 0 bridgehead atoms. The van der Waals surface area contributed by atoms with Crippen LogP contribution in [0.1, 0.15) is 54.5 Å². The predicted octanol–water partition coefficient (Wildman–Crippen LogP) is 9.86. The predicted molar refractivity (Wildman–Crippen MR) is 165 cm³/mol. The van der Waals surface area contributed by atoms with Crippen LogP contribution in [0.2, 0.25) is 13.1 Å². The van der Waals surface area contributed by atoms with Crippen molar-refractivity contribution in [1.29, 1.82) is 0 Å². The van der Waals surface area contributed by atoms with Crippen molar-refractivity contribution in [3.8, 4) is 22.3 Å². The number of aryl methyl sites for hydroxylation is 2. The van der Waals surface area contributed by atoms with Crippen molar-refractivity contribution in [3.05, 3.63) is 129 Å². The van der Waals surface area contributed by atoms with Crippen LogP contribution in [0.5, 0.6) is 0 Å². The summed E-state index contributed by atoms with van der Waals surface area (Å²) in [6, 6.07) is 32.0. The van der Waals surface area contributed by atoms with Gasteiger partial charge in [0.15, 0.2) is 0 Å². The van der Waals surface area contributed by atoms with E-state index in [0.717, 1.165) is 0 Å². The molecule has 2 unspecified atom stereocenters. The molecule has 0 N–H and O–H groups in total. The topological polar surface area (TPSA) is 0 Å². The van der Waals surface area contributed by atoms with Gasteiger partial charge in [-0.25, -0.2) is 0 Å². The molecule has 2 aliphatic carbocycles.